The van der Waals surface area contributed by atoms with Gasteiger partial charge in [-0.2, -0.15) is 0 Å². The third kappa shape index (κ3) is 4.23. The summed E-state index contributed by atoms with van der Waals surface area (Å²) in [4.78, 5) is 23.0. The van der Waals surface area contributed by atoms with E-state index in [0.29, 0.717) is 16.9 Å². The highest BCUT2D eigenvalue weighted by atomic mass is 35.5. The van der Waals surface area contributed by atoms with E-state index in [0.717, 1.165) is 6.42 Å². The Hall–Kier alpha value is -1.55. The first-order chi connectivity index (χ1) is 9.30. The van der Waals surface area contributed by atoms with Gasteiger partial charge in [-0.25, -0.2) is 0 Å². The second-order valence-corrected chi connectivity index (χ2v) is 5.67. The van der Waals surface area contributed by atoms with Gasteiger partial charge in [-0.1, -0.05) is 24.6 Å². The number of amides is 1. The SMILES string of the molecule is CCC(C)(C)NC(=O)C(C)Oc1c(Cl)cccc1C=O. The van der Waals surface area contributed by atoms with E-state index in [4.69, 9.17) is 16.3 Å². The molecule has 0 saturated carbocycles. The predicted molar refractivity (Wildman–Crippen MR) is 79.4 cm³/mol. The number of carbonyl (C=O) groups excluding carboxylic acids is 2. The van der Waals surface area contributed by atoms with Crippen molar-refractivity contribution in [3.8, 4) is 5.75 Å². The van der Waals surface area contributed by atoms with Crippen LogP contribution in [0.25, 0.3) is 0 Å². The van der Waals surface area contributed by atoms with Crippen LogP contribution >= 0.6 is 11.6 Å². The van der Waals surface area contributed by atoms with Gasteiger partial charge in [0.25, 0.3) is 5.91 Å². The van der Waals surface area contributed by atoms with E-state index in [1.54, 1.807) is 25.1 Å². The van der Waals surface area contributed by atoms with Crippen LogP contribution in [0.15, 0.2) is 18.2 Å². The maximum atomic E-state index is 12.1. The molecule has 1 amide bonds. The maximum absolute atomic E-state index is 12.1. The van der Waals surface area contributed by atoms with Gasteiger partial charge in [-0.15, -0.1) is 0 Å². The van der Waals surface area contributed by atoms with E-state index in [2.05, 4.69) is 5.32 Å². The van der Waals surface area contributed by atoms with Crippen molar-refractivity contribution >= 4 is 23.8 Å². The molecule has 0 bridgehead atoms. The molecule has 0 spiro atoms. The number of rotatable bonds is 6. The topological polar surface area (TPSA) is 55.4 Å². The van der Waals surface area contributed by atoms with Gasteiger partial charge in [0.15, 0.2) is 12.4 Å². The van der Waals surface area contributed by atoms with Gasteiger partial charge in [0.2, 0.25) is 0 Å². The monoisotopic (exact) mass is 297 g/mol. The molecule has 1 aromatic rings. The summed E-state index contributed by atoms with van der Waals surface area (Å²) in [6, 6.07) is 4.86. The molecular formula is C15H20ClNO3. The highest BCUT2D eigenvalue weighted by Gasteiger charge is 2.24. The fourth-order valence-corrected chi connectivity index (χ4v) is 1.72. The maximum Gasteiger partial charge on any atom is 0.261 e. The van der Waals surface area contributed by atoms with Crippen molar-refractivity contribution in [3.63, 3.8) is 0 Å². The Morgan fingerprint density at radius 1 is 1.50 bits per heavy atom. The van der Waals surface area contributed by atoms with Gasteiger partial charge in [0, 0.05) is 5.54 Å². The van der Waals surface area contributed by atoms with E-state index in [1.165, 1.54) is 0 Å². The molecule has 0 aromatic heterocycles. The van der Waals surface area contributed by atoms with Crippen LogP contribution in [-0.2, 0) is 4.79 Å². The molecule has 1 rings (SSSR count). The largest absolute Gasteiger partial charge is 0.479 e. The lowest BCUT2D eigenvalue weighted by Crippen LogP contribution is -2.48. The standard InChI is InChI=1S/C15H20ClNO3/c1-5-15(3,4)17-14(19)10(2)20-13-11(9-18)7-6-8-12(13)16/h6-10H,5H2,1-4H3,(H,17,19). The molecule has 4 nitrogen and oxygen atoms in total. The molecule has 0 heterocycles. The Bertz CT molecular complexity index is 500. The second-order valence-electron chi connectivity index (χ2n) is 5.26. The molecule has 110 valence electrons. The van der Waals surface area contributed by atoms with Crippen LogP contribution in [0.5, 0.6) is 5.75 Å². The minimum atomic E-state index is -0.737. The first-order valence-corrected chi connectivity index (χ1v) is 6.91. The number of nitrogens with one attached hydrogen (secondary N) is 1. The number of halogens is 1. The minimum Gasteiger partial charge on any atom is -0.479 e. The highest BCUT2D eigenvalue weighted by molar-refractivity contribution is 6.32. The Balaban J connectivity index is 2.83. The van der Waals surface area contributed by atoms with Gasteiger partial charge < -0.3 is 10.1 Å². The zero-order valence-corrected chi connectivity index (χ0v) is 13.0. The zero-order valence-electron chi connectivity index (χ0n) is 12.2. The Kier molecular flexibility index (Phi) is 5.57. The summed E-state index contributed by atoms with van der Waals surface area (Å²) in [6.45, 7) is 7.48. The predicted octanol–water partition coefficient (Wildman–Crippen LogP) is 3.22. The number of para-hydroxylation sites is 1. The molecule has 0 radical (unpaired) electrons. The fourth-order valence-electron chi connectivity index (χ4n) is 1.50. The summed E-state index contributed by atoms with van der Waals surface area (Å²) in [7, 11) is 0. The lowest BCUT2D eigenvalue weighted by atomic mass is 10.0. The van der Waals surface area contributed by atoms with Crippen molar-refractivity contribution in [1.29, 1.82) is 0 Å². The van der Waals surface area contributed by atoms with Crippen molar-refractivity contribution in [2.24, 2.45) is 0 Å². The number of hydrogen-bond donors (Lipinski definition) is 1. The third-order valence-corrected chi connectivity index (χ3v) is 3.43. The molecule has 1 aromatic carbocycles. The normalized spacial score (nSPS) is 12.7. The highest BCUT2D eigenvalue weighted by Crippen LogP contribution is 2.28. The van der Waals surface area contributed by atoms with Crippen molar-refractivity contribution in [3.05, 3.63) is 28.8 Å². The summed E-state index contributed by atoms with van der Waals surface area (Å²) in [6.07, 6.45) is 0.721. The fraction of sp³-hybridized carbons (Fsp3) is 0.467. The van der Waals surface area contributed by atoms with Crippen LogP contribution in [0, 0.1) is 0 Å². The van der Waals surface area contributed by atoms with Gasteiger partial charge >= 0.3 is 0 Å². The number of carbonyl (C=O) groups is 2. The second kappa shape index (κ2) is 6.75. The quantitative estimate of drug-likeness (QED) is 0.820. The van der Waals surface area contributed by atoms with E-state index in [1.807, 2.05) is 20.8 Å². The Morgan fingerprint density at radius 3 is 2.70 bits per heavy atom. The van der Waals surface area contributed by atoms with Gasteiger partial charge in [0.1, 0.15) is 5.75 Å². The lowest BCUT2D eigenvalue weighted by Gasteiger charge is -2.27. The number of hydrogen-bond acceptors (Lipinski definition) is 3. The average molecular weight is 298 g/mol. The van der Waals surface area contributed by atoms with E-state index < -0.39 is 6.10 Å². The molecule has 0 aliphatic heterocycles. The van der Waals surface area contributed by atoms with Crippen molar-refractivity contribution in [2.75, 3.05) is 0 Å². The molecule has 1 unspecified atom stereocenters. The average Bonchev–Trinajstić information content (AvgIpc) is 2.40. The number of ether oxygens (including phenoxy) is 1. The minimum absolute atomic E-state index is 0.237. The van der Waals surface area contributed by atoms with E-state index >= 15 is 0 Å². The first kappa shape index (κ1) is 16.5. The van der Waals surface area contributed by atoms with Crippen LogP contribution in [0.1, 0.15) is 44.5 Å². The molecule has 0 aliphatic rings. The lowest BCUT2D eigenvalue weighted by molar-refractivity contribution is -0.128. The van der Waals surface area contributed by atoms with Gasteiger partial charge in [-0.3, -0.25) is 9.59 Å². The van der Waals surface area contributed by atoms with E-state index in [-0.39, 0.29) is 17.2 Å². The van der Waals surface area contributed by atoms with Gasteiger partial charge in [-0.05, 0) is 39.3 Å². The summed E-state index contributed by atoms with van der Waals surface area (Å²) in [5.41, 5.74) is 0.0229. The molecule has 20 heavy (non-hydrogen) atoms. The van der Waals surface area contributed by atoms with Crippen LogP contribution in [-0.4, -0.2) is 23.8 Å². The first-order valence-electron chi connectivity index (χ1n) is 6.53. The van der Waals surface area contributed by atoms with Crippen molar-refractivity contribution in [2.45, 2.75) is 45.8 Å². The summed E-state index contributed by atoms with van der Waals surface area (Å²) >= 11 is 6.00. The van der Waals surface area contributed by atoms with Crippen LogP contribution in [0.4, 0.5) is 0 Å². The molecular weight excluding hydrogens is 278 g/mol. The summed E-state index contributed by atoms with van der Waals surface area (Å²) in [5, 5.41) is 3.20. The van der Waals surface area contributed by atoms with Gasteiger partial charge in [0.05, 0.1) is 10.6 Å². The molecule has 0 saturated heterocycles. The van der Waals surface area contributed by atoms with E-state index in [9.17, 15) is 9.59 Å². The van der Waals surface area contributed by atoms with Crippen molar-refractivity contribution in [1.82, 2.24) is 5.32 Å². The Morgan fingerprint density at radius 2 is 2.15 bits per heavy atom. The molecule has 1 N–H and O–H groups in total. The smallest absolute Gasteiger partial charge is 0.261 e. The molecule has 1 atom stereocenters. The van der Waals surface area contributed by atoms with Crippen LogP contribution in [0.3, 0.4) is 0 Å². The van der Waals surface area contributed by atoms with Crippen molar-refractivity contribution < 1.29 is 14.3 Å². The summed E-state index contributed by atoms with van der Waals surface area (Å²) < 4.78 is 5.54. The van der Waals surface area contributed by atoms with Crippen LogP contribution in [0.2, 0.25) is 5.02 Å². The number of aldehydes is 1. The number of benzene rings is 1. The molecule has 0 aliphatic carbocycles. The zero-order chi connectivity index (χ0) is 15.3. The third-order valence-electron chi connectivity index (χ3n) is 3.13. The Labute approximate surface area is 124 Å². The molecule has 0 fully saturated rings. The summed E-state index contributed by atoms with van der Waals surface area (Å²) in [5.74, 6) is -0.00487. The van der Waals surface area contributed by atoms with Crippen LogP contribution < -0.4 is 10.1 Å². The molecule has 5 heteroatoms.